The average Bonchev–Trinajstić information content (AvgIpc) is 3.43. The number of halogens is 1. The third-order valence-corrected chi connectivity index (χ3v) is 7.67. The molecule has 1 aliphatic rings. The molecular weight excluding hydrogens is 509 g/mol. The maximum Gasteiger partial charge on any atom is 0.226 e. The molecule has 200 valence electrons. The minimum atomic E-state index is -0.461. The molecule has 0 radical (unpaired) electrons. The number of aryl methyl sites for hydroxylation is 2. The molecule has 3 heterocycles. The van der Waals surface area contributed by atoms with Gasteiger partial charge >= 0.3 is 0 Å². The Hall–Kier alpha value is -4.04. The van der Waals surface area contributed by atoms with Gasteiger partial charge in [-0.05, 0) is 86.1 Å². The highest BCUT2D eigenvalue weighted by Crippen LogP contribution is 2.41. The molecule has 0 saturated carbocycles. The average molecular weight is 542 g/mol. The Bertz CT molecular complexity index is 1480. The van der Waals surface area contributed by atoms with Crippen LogP contribution < -0.4 is 10.6 Å². The molecule has 1 amide bonds. The molecule has 2 aromatic carbocycles. The van der Waals surface area contributed by atoms with E-state index in [1.807, 2.05) is 18.2 Å². The molecule has 5 rings (SSSR count). The summed E-state index contributed by atoms with van der Waals surface area (Å²) in [6.07, 6.45) is 2.92. The fraction of sp³-hybridized carbons (Fsp3) is 0.258. The van der Waals surface area contributed by atoms with Gasteiger partial charge < -0.3 is 20.1 Å². The number of aromatic nitrogens is 2. The minimum absolute atomic E-state index is 0.152. The highest BCUT2D eigenvalue weighted by atomic mass is 32.1. The first-order valence-electron chi connectivity index (χ1n) is 13.2. The van der Waals surface area contributed by atoms with E-state index in [2.05, 4.69) is 76.2 Å². The number of pyridine rings is 1. The number of hydrogen-bond acceptors (Lipinski definition) is 3. The van der Waals surface area contributed by atoms with Crippen molar-refractivity contribution in [1.29, 1.82) is 0 Å². The fourth-order valence-corrected chi connectivity index (χ4v) is 5.68. The zero-order valence-corrected chi connectivity index (χ0v) is 23.1. The van der Waals surface area contributed by atoms with Gasteiger partial charge in [0.25, 0.3) is 0 Å². The van der Waals surface area contributed by atoms with Crippen molar-refractivity contribution in [2.24, 2.45) is 0 Å². The summed E-state index contributed by atoms with van der Waals surface area (Å²) < 4.78 is 16.3. The number of carbonyl (C=O) groups is 1. The first-order valence-corrected chi connectivity index (χ1v) is 13.6. The number of thiocarbonyl (C=S) groups is 1. The van der Waals surface area contributed by atoms with Gasteiger partial charge in [-0.25, -0.2) is 4.39 Å². The molecule has 1 saturated heterocycles. The summed E-state index contributed by atoms with van der Waals surface area (Å²) >= 11 is 5.79. The van der Waals surface area contributed by atoms with E-state index in [-0.39, 0.29) is 30.1 Å². The lowest BCUT2D eigenvalue weighted by atomic mass is 9.96. The topological polar surface area (TPSA) is 62.2 Å². The van der Waals surface area contributed by atoms with Crippen LogP contribution in [0.5, 0.6) is 0 Å². The van der Waals surface area contributed by atoms with Crippen LogP contribution in [0.1, 0.15) is 53.6 Å². The second kappa shape index (κ2) is 11.4. The van der Waals surface area contributed by atoms with Gasteiger partial charge in [0.1, 0.15) is 5.82 Å². The van der Waals surface area contributed by atoms with Crippen molar-refractivity contribution in [2.75, 3.05) is 11.9 Å². The number of nitrogens with zero attached hydrogens (tertiary/aromatic N) is 3. The Morgan fingerprint density at radius 2 is 1.82 bits per heavy atom. The Morgan fingerprint density at radius 3 is 2.51 bits per heavy atom. The van der Waals surface area contributed by atoms with Gasteiger partial charge in [-0.1, -0.05) is 37.3 Å². The monoisotopic (exact) mass is 541 g/mol. The summed E-state index contributed by atoms with van der Waals surface area (Å²) in [4.78, 5) is 19.5. The molecule has 8 heteroatoms. The zero-order chi connectivity index (χ0) is 27.5. The normalized spacial score (nSPS) is 16.8. The van der Waals surface area contributed by atoms with Crippen LogP contribution in [0, 0.1) is 19.7 Å². The van der Waals surface area contributed by atoms with Crippen molar-refractivity contribution in [3.63, 3.8) is 0 Å². The molecule has 0 spiro atoms. The summed E-state index contributed by atoms with van der Waals surface area (Å²) in [7, 11) is 0. The summed E-state index contributed by atoms with van der Waals surface area (Å²) in [5.41, 5.74) is 6.78. The number of para-hydroxylation sites is 1. The number of nitrogens with one attached hydrogen (secondary N) is 2. The number of hydrogen-bond donors (Lipinski definition) is 2. The first-order chi connectivity index (χ1) is 18.9. The van der Waals surface area contributed by atoms with Crippen LogP contribution in [0.25, 0.3) is 5.69 Å². The third kappa shape index (κ3) is 5.43. The molecule has 2 atom stereocenters. The highest BCUT2D eigenvalue weighted by molar-refractivity contribution is 7.80. The van der Waals surface area contributed by atoms with E-state index in [4.69, 9.17) is 12.2 Å². The number of amides is 1. The van der Waals surface area contributed by atoms with Crippen molar-refractivity contribution in [3.05, 3.63) is 113 Å². The quantitative estimate of drug-likeness (QED) is 0.261. The van der Waals surface area contributed by atoms with E-state index in [9.17, 15) is 9.18 Å². The molecule has 2 N–H and O–H groups in total. The Balaban J connectivity index is 1.47. The summed E-state index contributed by atoms with van der Waals surface area (Å²) in [6.45, 7) is 6.75. The van der Waals surface area contributed by atoms with Crippen LogP contribution >= 0.6 is 12.2 Å². The van der Waals surface area contributed by atoms with Gasteiger partial charge in [0.15, 0.2) is 5.11 Å². The van der Waals surface area contributed by atoms with E-state index in [0.717, 1.165) is 34.8 Å². The van der Waals surface area contributed by atoms with Crippen LogP contribution in [-0.4, -0.2) is 32.0 Å². The summed E-state index contributed by atoms with van der Waals surface area (Å²) in [5, 5.41) is 6.70. The van der Waals surface area contributed by atoms with Crippen molar-refractivity contribution in [3.8, 4) is 5.69 Å². The minimum Gasteiger partial charge on any atom is -0.352 e. The largest absolute Gasteiger partial charge is 0.352 e. The van der Waals surface area contributed by atoms with E-state index in [1.165, 1.54) is 11.6 Å². The second-order valence-electron chi connectivity index (χ2n) is 9.78. The Labute approximate surface area is 233 Å². The fourth-order valence-electron chi connectivity index (χ4n) is 5.35. The van der Waals surface area contributed by atoms with E-state index in [0.29, 0.717) is 11.7 Å². The van der Waals surface area contributed by atoms with E-state index >= 15 is 0 Å². The number of anilines is 1. The lowest BCUT2D eigenvalue weighted by Crippen LogP contribution is -2.33. The van der Waals surface area contributed by atoms with Crippen LogP contribution in [0.4, 0.5) is 10.1 Å². The first kappa shape index (κ1) is 26.6. The van der Waals surface area contributed by atoms with Crippen molar-refractivity contribution in [2.45, 2.75) is 45.7 Å². The standard InChI is InChI=1S/C31H32FN5OS/c1-4-22-12-14-23(15-13-22)37-20(2)19-24(21(37)3)30-29(27-11-7-8-17-33-27)35-31(39)36(30)18-16-28(38)34-26-10-6-5-9-25(26)32/h5-15,17,19,29-30H,4,16,18H2,1-3H3,(H,34,38)(H,35,39)/t29-,30-/m0/s1. The smallest absolute Gasteiger partial charge is 0.226 e. The lowest BCUT2D eigenvalue weighted by molar-refractivity contribution is -0.116. The van der Waals surface area contributed by atoms with Crippen molar-refractivity contribution < 1.29 is 9.18 Å². The Kier molecular flexibility index (Phi) is 7.74. The zero-order valence-electron chi connectivity index (χ0n) is 22.3. The third-order valence-electron chi connectivity index (χ3n) is 7.32. The molecular formula is C31H32FN5OS. The molecule has 2 aromatic heterocycles. The molecule has 1 aliphatic heterocycles. The number of benzene rings is 2. The van der Waals surface area contributed by atoms with Gasteiger partial charge in [-0.2, -0.15) is 0 Å². The van der Waals surface area contributed by atoms with E-state index < -0.39 is 5.82 Å². The van der Waals surface area contributed by atoms with Gasteiger partial charge in [0, 0.05) is 36.2 Å². The maximum absolute atomic E-state index is 14.1. The number of rotatable bonds is 8. The van der Waals surface area contributed by atoms with Gasteiger partial charge in [-0.15, -0.1) is 0 Å². The van der Waals surface area contributed by atoms with Crippen LogP contribution in [0.2, 0.25) is 0 Å². The molecule has 0 bridgehead atoms. The summed E-state index contributed by atoms with van der Waals surface area (Å²) in [5.74, 6) is -0.735. The SMILES string of the molecule is CCc1ccc(-n2c(C)cc([C@H]3[C@H](c4ccccn4)NC(=S)N3CCC(=O)Nc3ccccc3F)c2C)cc1. The molecule has 0 aliphatic carbocycles. The molecule has 0 unspecified atom stereocenters. The molecule has 1 fully saturated rings. The highest BCUT2D eigenvalue weighted by Gasteiger charge is 2.41. The lowest BCUT2D eigenvalue weighted by Gasteiger charge is -2.28. The number of carbonyl (C=O) groups excluding carboxylic acids is 1. The van der Waals surface area contributed by atoms with Crippen molar-refractivity contribution >= 4 is 28.9 Å². The van der Waals surface area contributed by atoms with E-state index in [1.54, 1.807) is 24.4 Å². The van der Waals surface area contributed by atoms with Crippen molar-refractivity contribution in [1.82, 2.24) is 19.8 Å². The van der Waals surface area contributed by atoms with Crippen LogP contribution in [0.3, 0.4) is 0 Å². The van der Waals surface area contributed by atoms with Crippen LogP contribution in [-0.2, 0) is 11.2 Å². The second-order valence-corrected chi connectivity index (χ2v) is 10.2. The van der Waals surface area contributed by atoms with Gasteiger partial charge in [0.05, 0.1) is 23.5 Å². The molecule has 6 nitrogen and oxygen atoms in total. The predicted molar refractivity (Wildman–Crippen MR) is 156 cm³/mol. The maximum atomic E-state index is 14.1. The van der Waals surface area contributed by atoms with Crippen LogP contribution in [0.15, 0.2) is 79.0 Å². The van der Waals surface area contributed by atoms with Gasteiger partial charge in [0.2, 0.25) is 5.91 Å². The molecule has 39 heavy (non-hydrogen) atoms. The van der Waals surface area contributed by atoms with Gasteiger partial charge in [-0.3, -0.25) is 9.78 Å². The predicted octanol–water partition coefficient (Wildman–Crippen LogP) is 6.19. The summed E-state index contributed by atoms with van der Waals surface area (Å²) in [6, 6.07) is 22.5. The Morgan fingerprint density at radius 1 is 1.08 bits per heavy atom. The molecule has 4 aromatic rings.